The highest BCUT2D eigenvalue weighted by molar-refractivity contribution is 6.07. The number of rotatable bonds is 5. The van der Waals surface area contributed by atoms with Crippen molar-refractivity contribution in [2.45, 2.75) is 32.4 Å². The number of likely N-dealkylation sites (tertiary alicyclic amines) is 1. The molecule has 25 heavy (non-hydrogen) atoms. The fraction of sp³-hybridized carbons (Fsp3) is 0.450. The van der Waals surface area contributed by atoms with Gasteiger partial charge in [-0.15, -0.1) is 0 Å². The third kappa shape index (κ3) is 3.26. The van der Waals surface area contributed by atoms with Crippen molar-refractivity contribution in [2.24, 2.45) is 0 Å². The summed E-state index contributed by atoms with van der Waals surface area (Å²) in [5.41, 5.74) is 3.27. The molecule has 3 aromatic rings. The van der Waals surface area contributed by atoms with Crippen LogP contribution in [-0.2, 0) is 17.9 Å². The van der Waals surface area contributed by atoms with Crippen molar-refractivity contribution in [3.05, 3.63) is 42.0 Å². The zero-order valence-electron chi connectivity index (χ0n) is 14.7. The Morgan fingerprint density at radius 2 is 1.88 bits per heavy atom. The number of hydrogen-bond acceptors (Lipinski definition) is 3. The van der Waals surface area contributed by atoms with Gasteiger partial charge in [-0.05, 0) is 37.6 Å². The van der Waals surface area contributed by atoms with Crippen molar-refractivity contribution in [3.63, 3.8) is 0 Å². The first kappa shape index (κ1) is 16.5. The zero-order chi connectivity index (χ0) is 17.2. The Kier molecular flexibility index (Phi) is 4.68. The lowest BCUT2D eigenvalue weighted by molar-refractivity contribution is 0.185. The number of nitrogens with zero attached hydrogens (tertiary/aromatic N) is 3. The van der Waals surface area contributed by atoms with E-state index in [0.29, 0.717) is 6.61 Å². The van der Waals surface area contributed by atoms with Crippen LogP contribution in [0.5, 0.6) is 0 Å². The first-order chi connectivity index (χ1) is 12.3. The van der Waals surface area contributed by atoms with E-state index in [1.54, 1.807) is 19.4 Å². The van der Waals surface area contributed by atoms with Crippen molar-refractivity contribution in [1.82, 2.24) is 14.5 Å². The minimum atomic E-state index is -0.427. The average Bonchev–Trinajstić information content (AvgIpc) is 2.93. The van der Waals surface area contributed by atoms with Crippen LogP contribution in [0.4, 0.5) is 4.39 Å². The Morgan fingerprint density at radius 1 is 1.04 bits per heavy atom. The lowest BCUT2D eigenvalue weighted by Gasteiger charge is -2.26. The summed E-state index contributed by atoms with van der Waals surface area (Å²) < 4.78 is 21.3. The van der Waals surface area contributed by atoms with Gasteiger partial charge in [0.15, 0.2) is 0 Å². The van der Waals surface area contributed by atoms with Gasteiger partial charge >= 0.3 is 0 Å². The van der Waals surface area contributed by atoms with Crippen LogP contribution in [0, 0.1) is 5.95 Å². The molecule has 1 saturated heterocycles. The minimum Gasteiger partial charge on any atom is -0.380 e. The van der Waals surface area contributed by atoms with Crippen LogP contribution in [0.2, 0.25) is 0 Å². The van der Waals surface area contributed by atoms with E-state index in [4.69, 9.17) is 4.74 Å². The number of ether oxygens (including phenoxy) is 1. The van der Waals surface area contributed by atoms with Gasteiger partial charge in [0.25, 0.3) is 0 Å². The van der Waals surface area contributed by atoms with Crippen LogP contribution in [0.25, 0.3) is 21.8 Å². The highest BCUT2D eigenvalue weighted by Crippen LogP contribution is 2.30. The standard InChI is InChI=1S/C20H24FN3O/c1-25-14-15-5-6-16-17-12-20(21)22-13-19(17)24(18(16)11-15)10-9-23-7-3-2-4-8-23/h5-6,11-13H,2-4,7-10,14H2,1H3. The molecule has 4 nitrogen and oxygen atoms in total. The second-order valence-electron chi connectivity index (χ2n) is 6.86. The quantitative estimate of drug-likeness (QED) is 0.658. The van der Waals surface area contributed by atoms with Gasteiger partial charge in [0.05, 0.1) is 18.3 Å². The molecule has 1 aliphatic rings. The molecule has 0 amide bonds. The minimum absolute atomic E-state index is 0.427. The maximum atomic E-state index is 13.7. The number of halogens is 1. The normalized spacial score (nSPS) is 16.1. The molecular weight excluding hydrogens is 317 g/mol. The monoisotopic (exact) mass is 341 g/mol. The van der Waals surface area contributed by atoms with Crippen LogP contribution in [0.1, 0.15) is 24.8 Å². The van der Waals surface area contributed by atoms with Crippen LogP contribution < -0.4 is 0 Å². The van der Waals surface area contributed by atoms with Gasteiger partial charge in [0, 0.05) is 42.6 Å². The molecule has 132 valence electrons. The number of fused-ring (bicyclic) bond motifs is 3. The number of piperidine rings is 1. The van der Waals surface area contributed by atoms with E-state index >= 15 is 0 Å². The second kappa shape index (κ2) is 7.10. The van der Waals surface area contributed by atoms with Crippen molar-refractivity contribution >= 4 is 21.8 Å². The largest absolute Gasteiger partial charge is 0.380 e. The predicted molar refractivity (Wildman–Crippen MR) is 98.2 cm³/mol. The van der Waals surface area contributed by atoms with E-state index in [1.807, 2.05) is 0 Å². The van der Waals surface area contributed by atoms with Gasteiger partial charge in [-0.1, -0.05) is 18.6 Å². The SMILES string of the molecule is COCc1ccc2c3cc(F)ncc3n(CCN3CCCCC3)c2c1. The summed E-state index contributed by atoms with van der Waals surface area (Å²) in [6.45, 7) is 4.85. The van der Waals surface area contributed by atoms with Gasteiger partial charge < -0.3 is 14.2 Å². The van der Waals surface area contributed by atoms with E-state index in [1.165, 1.54) is 32.4 Å². The van der Waals surface area contributed by atoms with Crippen LogP contribution in [0.3, 0.4) is 0 Å². The summed E-state index contributed by atoms with van der Waals surface area (Å²) in [6.07, 6.45) is 5.59. The molecule has 3 heterocycles. The zero-order valence-corrected chi connectivity index (χ0v) is 14.7. The summed E-state index contributed by atoms with van der Waals surface area (Å²) in [5, 5.41) is 2.01. The lowest BCUT2D eigenvalue weighted by Crippen LogP contribution is -2.32. The van der Waals surface area contributed by atoms with Crippen molar-refractivity contribution in [3.8, 4) is 0 Å². The van der Waals surface area contributed by atoms with E-state index in [0.717, 1.165) is 40.5 Å². The molecule has 0 aliphatic carbocycles. The van der Waals surface area contributed by atoms with E-state index < -0.39 is 5.95 Å². The fourth-order valence-corrected chi connectivity index (χ4v) is 3.93. The summed E-state index contributed by atoms with van der Waals surface area (Å²) >= 11 is 0. The number of pyridine rings is 1. The molecule has 1 aromatic carbocycles. The number of methoxy groups -OCH3 is 1. The Morgan fingerprint density at radius 3 is 2.68 bits per heavy atom. The van der Waals surface area contributed by atoms with Crippen molar-refractivity contribution in [2.75, 3.05) is 26.7 Å². The molecule has 0 unspecified atom stereocenters. The predicted octanol–water partition coefficient (Wildman–Crippen LogP) is 3.96. The molecular formula is C20H24FN3O. The first-order valence-electron chi connectivity index (χ1n) is 9.04. The summed E-state index contributed by atoms with van der Waals surface area (Å²) in [5.74, 6) is -0.427. The van der Waals surface area contributed by atoms with Gasteiger partial charge in [-0.25, -0.2) is 4.98 Å². The van der Waals surface area contributed by atoms with Crippen molar-refractivity contribution in [1.29, 1.82) is 0 Å². The molecule has 0 saturated carbocycles. The Hall–Kier alpha value is -1.98. The van der Waals surface area contributed by atoms with Crippen LogP contribution in [0.15, 0.2) is 30.5 Å². The Bertz CT molecular complexity index is 883. The third-order valence-electron chi connectivity index (χ3n) is 5.18. The molecule has 0 spiro atoms. The van der Waals surface area contributed by atoms with E-state index in [9.17, 15) is 4.39 Å². The number of benzene rings is 1. The molecule has 0 radical (unpaired) electrons. The van der Waals surface area contributed by atoms with E-state index in [2.05, 4.69) is 32.7 Å². The summed E-state index contributed by atoms with van der Waals surface area (Å²) in [4.78, 5) is 6.42. The third-order valence-corrected chi connectivity index (χ3v) is 5.18. The lowest BCUT2D eigenvalue weighted by atomic mass is 10.1. The fourth-order valence-electron chi connectivity index (χ4n) is 3.93. The molecule has 5 heteroatoms. The number of hydrogen-bond donors (Lipinski definition) is 0. The topological polar surface area (TPSA) is 30.3 Å². The molecule has 1 fully saturated rings. The van der Waals surface area contributed by atoms with Crippen LogP contribution >= 0.6 is 0 Å². The van der Waals surface area contributed by atoms with Gasteiger partial charge in [-0.3, -0.25) is 0 Å². The van der Waals surface area contributed by atoms with E-state index in [-0.39, 0.29) is 0 Å². The van der Waals surface area contributed by atoms with Gasteiger partial charge in [-0.2, -0.15) is 4.39 Å². The Labute approximate surface area is 147 Å². The molecule has 4 rings (SSSR count). The maximum Gasteiger partial charge on any atom is 0.213 e. The van der Waals surface area contributed by atoms with Crippen molar-refractivity contribution < 1.29 is 9.13 Å². The highest BCUT2D eigenvalue weighted by Gasteiger charge is 2.15. The highest BCUT2D eigenvalue weighted by atomic mass is 19.1. The number of aromatic nitrogens is 2. The first-order valence-corrected chi connectivity index (χ1v) is 9.04. The molecule has 1 aliphatic heterocycles. The maximum absolute atomic E-state index is 13.7. The van der Waals surface area contributed by atoms with Gasteiger partial charge in [0.2, 0.25) is 5.95 Å². The molecule has 2 aromatic heterocycles. The average molecular weight is 341 g/mol. The van der Waals surface area contributed by atoms with Gasteiger partial charge in [0.1, 0.15) is 0 Å². The molecule has 0 atom stereocenters. The van der Waals surface area contributed by atoms with Crippen LogP contribution in [-0.4, -0.2) is 41.2 Å². The second-order valence-corrected chi connectivity index (χ2v) is 6.86. The Balaban J connectivity index is 1.76. The molecule has 0 bridgehead atoms. The summed E-state index contributed by atoms with van der Waals surface area (Å²) in [7, 11) is 1.70. The molecule has 0 N–H and O–H groups in total. The smallest absolute Gasteiger partial charge is 0.213 e. The summed E-state index contributed by atoms with van der Waals surface area (Å²) in [6, 6.07) is 7.83.